The van der Waals surface area contributed by atoms with Crippen LogP contribution in [0.5, 0.6) is 0 Å². The van der Waals surface area contributed by atoms with E-state index in [1.807, 2.05) is 0 Å². The highest BCUT2D eigenvalue weighted by molar-refractivity contribution is 5.84. The number of anilines is 4. The van der Waals surface area contributed by atoms with Gasteiger partial charge in [0, 0.05) is 25.2 Å². The van der Waals surface area contributed by atoms with E-state index in [1.165, 1.54) is 304 Å². The summed E-state index contributed by atoms with van der Waals surface area (Å²) in [5, 5.41) is 0. The molecule has 0 saturated heterocycles. The molecule has 0 bridgehead atoms. The molecule has 0 N–H and O–H groups in total. The largest absolute Gasteiger partial charge is 0.339 e. The van der Waals surface area contributed by atoms with Crippen LogP contribution in [0.3, 0.4) is 0 Å². The van der Waals surface area contributed by atoms with Crippen molar-refractivity contribution in [1.82, 2.24) is 0 Å². The fourth-order valence-corrected chi connectivity index (χ4v) is 12.1. The molecule has 0 saturated carbocycles. The van der Waals surface area contributed by atoms with Crippen molar-refractivity contribution in [3.05, 3.63) is 73.0 Å². The molecule has 0 unspecified atom stereocenters. The van der Waals surface area contributed by atoms with E-state index in [2.05, 4.69) is 137 Å². The Hall–Kier alpha value is -2.88. The molecule has 4 rings (SSSR count). The van der Waals surface area contributed by atoms with Gasteiger partial charge in [0.25, 0.3) is 0 Å². The summed E-state index contributed by atoms with van der Waals surface area (Å²) in [6.07, 6.45) is 63.9. The van der Waals surface area contributed by atoms with Crippen molar-refractivity contribution in [2.45, 2.75) is 344 Å². The lowest BCUT2D eigenvalue weighted by molar-refractivity contribution is 0.558. The minimum atomic E-state index is 0.346. The van der Waals surface area contributed by atoms with Gasteiger partial charge in [-0.1, -0.05) is 270 Å². The summed E-state index contributed by atoms with van der Waals surface area (Å²) in [7, 11) is 0. The third-order valence-electron chi connectivity index (χ3n) is 17.0. The second kappa shape index (κ2) is 42.9. The molecule has 0 amide bonds. The van der Waals surface area contributed by atoms with Crippen molar-refractivity contribution in [2.75, 3.05) is 32.7 Å². The summed E-state index contributed by atoms with van der Waals surface area (Å²) < 4.78 is 0. The topological polar surface area (TPSA) is 13.0 Å². The zero-order valence-corrected chi connectivity index (χ0v) is 52.4. The number of hydrogen-bond acceptors (Lipinski definition) is 4. The smallest absolute Gasteiger partial charge is 0.209 e. The number of allylic oxidation sites excluding steroid dienone is 4. The molecule has 4 heteroatoms. The third-order valence-corrected chi connectivity index (χ3v) is 17.0. The lowest BCUT2D eigenvalue weighted by Gasteiger charge is -2.24. The van der Waals surface area contributed by atoms with E-state index in [9.17, 15) is 0 Å². The zero-order valence-electron chi connectivity index (χ0n) is 52.4. The Kier molecular flexibility index (Phi) is 37.2. The molecule has 0 fully saturated rings. The quantitative estimate of drug-likeness (QED) is 0.0612. The highest BCUT2D eigenvalue weighted by Crippen LogP contribution is 2.44. The van der Waals surface area contributed by atoms with Crippen molar-refractivity contribution < 1.29 is 0 Å². The van der Waals surface area contributed by atoms with Crippen LogP contribution in [0.2, 0.25) is 0 Å². The predicted octanol–water partition coefficient (Wildman–Crippen LogP) is 24.1. The van der Waals surface area contributed by atoms with E-state index >= 15 is 0 Å². The van der Waals surface area contributed by atoms with Gasteiger partial charge in [0.15, 0.2) is 0 Å². The van der Waals surface area contributed by atoms with Gasteiger partial charge in [0.2, 0.25) is 13.3 Å². The molecule has 0 aromatic heterocycles. The van der Waals surface area contributed by atoms with Crippen LogP contribution in [0.4, 0.5) is 22.7 Å². The maximum Gasteiger partial charge on any atom is 0.209 e. The molecule has 0 aliphatic carbocycles. The molecule has 0 atom stereocenters. The Labute approximate surface area is 480 Å². The molecular formula is C73H124N4. The number of unbranched alkanes of at least 4 members (excludes halogenated alkanes) is 36. The van der Waals surface area contributed by atoms with Crippen molar-refractivity contribution >= 4 is 33.9 Å². The zero-order chi connectivity index (χ0) is 55.0. The van der Waals surface area contributed by atoms with E-state index in [0.29, 0.717) is 12.1 Å². The Morgan fingerprint density at radius 1 is 0.338 bits per heavy atom. The fourth-order valence-electron chi connectivity index (χ4n) is 12.1. The number of nitrogens with zero attached hydrogens (tertiary/aromatic N) is 4. The lowest BCUT2D eigenvalue weighted by Crippen LogP contribution is -2.33. The minimum Gasteiger partial charge on any atom is -0.339 e. The van der Waals surface area contributed by atoms with Gasteiger partial charge >= 0.3 is 0 Å². The summed E-state index contributed by atoms with van der Waals surface area (Å²) in [6.45, 7) is 28.2. The molecule has 436 valence electrons. The van der Waals surface area contributed by atoms with Crippen LogP contribution < -0.4 is 19.6 Å². The van der Waals surface area contributed by atoms with Crippen LogP contribution in [0, 0.1) is 13.3 Å². The normalized spacial score (nSPS) is 13.9. The Balaban J connectivity index is 1.41. The second-order valence-electron chi connectivity index (χ2n) is 24.7. The number of benzene rings is 2. The van der Waals surface area contributed by atoms with Gasteiger partial charge in [-0.05, 0) is 132 Å². The summed E-state index contributed by atoms with van der Waals surface area (Å²) in [4.78, 5) is 9.69. The maximum absolute atomic E-state index is 3.87. The molecule has 2 aliphatic heterocycles. The molecule has 2 heterocycles. The van der Waals surface area contributed by atoms with E-state index < -0.39 is 0 Å². The van der Waals surface area contributed by atoms with Gasteiger partial charge in [-0.2, -0.15) is 0 Å². The van der Waals surface area contributed by atoms with Gasteiger partial charge in [-0.3, -0.25) is 0 Å². The van der Waals surface area contributed by atoms with E-state index in [0.717, 1.165) is 19.5 Å². The first-order chi connectivity index (χ1) is 37.8. The van der Waals surface area contributed by atoms with Crippen LogP contribution in [0.15, 0.2) is 48.6 Å². The van der Waals surface area contributed by atoms with Gasteiger partial charge in [-0.15, -0.1) is 0 Å². The lowest BCUT2D eigenvalue weighted by atomic mass is 9.96. The molecular weight excluding hydrogens is 933 g/mol. The van der Waals surface area contributed by atoms with E-state index in [4.69, 9.17) is 0 Å². The monoisotopic (exact) mass is 1060 g/mol. The number of hydrogen-bond donors (Lipinski definition) is 0. The maximum atomic E-state index is 3.87. The summed E-state index contributed by atoms with van der Waals surface area (Å²) in [5.41, 5.74) is 11.3. The number of rotatable bonds is 50. The molecule has 2 aromatic rings. The average Bonchev–Trinajstić information content (AvgIpc) is 4.02. The van der Waals surface area contributed by atoms with Crippen LogP contribution in [0.1, 0.15) is 343 Å². The van der Waals surface area contributed by atoms with Gasteiger partial charge < -0.3 is 19.6 Å². The SMILES string of the molecule is CCCCCCCCCCC/C=C(\CCCCCCCCCCCC)c1ccc2c(c1)N(CCCN1[C]N(C(C)C)c3cc(/C(=C/CCCCCCCCCCC)CCCCCCCCCCCC)ccc31)[C]N2C(C)C. The summed E-state index contributed by atoms with van der Waals surface area (Å²) >= 11 is 0. The molecule has 2 aromatic carbocycles. The highest BCUT2D eigenvalue weighted by Gasteiger charge is 2.32. The van der Waals surface area contributed by atoms with Gasteiger partial charge in [0.05, 0.1) is 22.7 Å². The number of fused-ring (bicyclic) bond motifs is 2. The first kappa shape index (κ1) is 66.6. The Morgan fingerprint density at radius 2 is 0.636 bits per heavy atom. The first-order valence-corrected chi connectivity index (χ1v) is 34.2. The Bertz CT molecular complexity index is 1810. The highest BCUT2D eigenvalue weighted by atomic mass is 15.4. The van der Waals surface area contributed by atoms with Crippen molar-refractivity contribution in [3.63, 3.8) is 0 Å². The van der Waals surface area contributed by atoms with E-state index in [1.54, 1.807) is 11.1 Å². The van der Waals surface area contributed by atoms with Crippen LogP contribution in [-0.2, 0) is 0 Å². The van der Waals surface area contributed by atoms with Crippen molar-refractivity contribution in [3.8, 4) is 0 Å². The average molecular weight is 1060 g/mol. The molecule has 0 spiro atoms. The third kappa shape index (κ3) is 27.0. The molecule has 4 radical (unpaired) electrons. The summed E-state index contributed by atoms with van der Waals surface area (Å²) in [6, 6.07) is 15.5. The summed E-state index contributed by atoms with van der Waals surface area (Å²) in [5.74, 6) is 0. The second-order valence-corrected chi connectivity index (χ2v) is 24.7. The van der Waals surface area contributed by atoms with Crippen LogP contribution >= 0.6 is 0 Å². The van der Waals surface area contributed by atoms with E-state index in [-0.39, 0.29) is 0 Å². The van der Waals surface area contributed by atoms with Crippen molar-refractivity contribution in [1.29, 1.82) is 0 Å². The predicted molar refractivity (Wildman–Crippen MR) is 346 cm³/mol. The van der Waals surface area contributed by atoms with Crippen LogP contribution in [-0.4, -0.2) is 25.2 Å². The molecule has 4 nitrogen and oxygen atoms in total. The van der Waals surface area contributed by atoms with Crippen LogP contribution in [0.25, 0.3) is 11.1 Å². The minimum absolute atomic E-state index is 0.346. The Morgan fingerprint density at radius 3 is 1.00 bits per heavy atom. The van der Waals surface area contributed by atoms with Crippen molar-refractivity contribution in [2.24, 2.45) is 0 Å². The fraction of sp³-hybridized carbons (Fsp3) is 0.753. The first-order valence-electron chi connectivity index (χ1n) is 34.2. The van der Waals surface area contributed by atoms with Gasteiger partial charge in [-0.25, -0.2) is 0 Å². The molecule has 77 heavy (non-hydrogen) atoms. The van der Waals surface area contributed by atoms with Gasteiger partial charge in [0.1, 0.15) is 0 Å². The molecule has 2 aliphatic rings. The standard InChI is InChI=1S/C73H124N4/c1-9-13-17-21-25-29-33-37-41-45-50-66(51-46-42-38-34-30-26-22-18-14-10-2)68-55-57-71-72(60-68)75(63-76(71)64(5)6)59-49-58-74-62-77(65(7)8)73-61-69(54-56-70(73)74)67(52-47-43-39-35-31-27-23-19-15-11-3)53-48-44-40-36-32-28-24-20-16-12-4/h50,52,54-57,60-61,64-65H,9-49,51,53,58-59H2,1-8H3/b66-50+,67-52+.